The summed E-state index contributed by atoms with van der Waals surface area (Å²) in [7, 11) is 0.225. The molecule has 0 aromatic heterocycles. The van der Waals surface area contributed by atoms with E-state index in [1.807, 2.05) is 55.4 Å². The second kappa shape index (κ2) is 14.1. The van der Waals surface area contributed by atoms with Crippen LogP contribution >= 0.6 is 15.9 Å². The molecule has 216 valence electrons. The standard InChI is InChI=1S/C31H45BrN2O4S/c1-5-7-18-31(19-8-6-2)22-39(37,38)27-17-16-25(34(3)4)21-26(27)29(30(31)36)23-12-14-24(15-13-23)33-28(35)11-9-10-20-32/h12-17,21,29-30,36H,5-11,18-20,22H2,1-4H3,(H,33,35). The Labute approximate surface area is 243 Å². The van der Waals surface area contributed by atoms with Crippen molar-refractivity contribution in [3.63, 3.8) is 0 Å². The average molecular weight is 622 g/mol. The number of nitrogens with zero attached hydrogens (tertiary/aromatic N) is 1. The molecule has 1 aliphatic heterocycles. The number of aliphatic hydroxyl groups excluding tert-OH is 1. The van der Waals surface area contributed by atoms with Crippen LogP contribution in [0.2, 0.25) is 0 Å². The van der Waals surface area contributed by atoms with Crippen LogP contribution in [-0.4, -0.2) is 50.7 Å². The number of unbranched alkanes of at least 4 members (excludes halogenated alkanes) is 3. The number of aliphatic hydroxyl groups is 1. The lowest BCUT2D eigenvalue weighted by atomic mass is 9.68. The quantitative estimate of drug-likeness (QED) is 0.188. The SMILES string of the molecule is CCCCC1(CCCC)CS(=O)(=O)c2ccc(N(C)C)cc2C(c2ccc(NC(=O)CCCCBr)cc2)C1O. The smallest absolute Gasteiger partial charge is 0.224 e. The minimum absolute atomic E-state index is 0.0246. The topological polar surface area (TPSA) is 86.7 Å². The molecular weight excluding hydrogens is 576 g/mol. The van der Waals surface area contributed by atoms with E-state index in [-0.39, 0.29) is 11.7 Å². The lowest BCUT2D eigenvalue weighted by Gasteiger charge is -2.40. The van der Waals surface area contributed by atoms with E-state index in [2.05, 4.69) is 35.1 Å². The Hall–Kier alpha value is -1.90. The van der Waals surface area contributed by atoms with Crippen molar-refractivity contribution in [2.24, 2.45) is 5.41 Å². The molecule has 6 nitrogen and oxygen atoms in total. The van der Waals surface area contributed by atoms with Gasteiger partial charge in [-0.1, -0.05) is 67.6 Å². The predicted molar refractivity (Wildman–Crippen MR) is 165 cm³/mol. The van der Waals surface area contributed by atoms with E-state index in [0.29, 0.717) is 35.4 Å². The van der Waals surface area contributed by atoms with Crippen molar-refractivity contribution in [3.05, 3.63) is 53.6 Å². The predicted octanol–water partition coefficient (Wildman–Crippen LogP) is 6.90. The van der Waals surface area contributed by atoms with E-state index in [1.54, 1.807) is 6.07 Å². The molecule has 0 fully saturated rings. The lowest BCUT2D eigenvalue weighted by molar-refractivity contribution is -0.116. The number of carbonyl (C=O) groups excluding carboxylic acids is 1. The molecule has 0 bridgehead atoms. The number of alkyl halides is 1. The molecule has 0 aliphatic carbocycles. The molecule has 1 aliphatic rings. The highest BCUT2D eigenvalue weighted by molar-refractivity contribution is 9.09. The van der Waals surface area contributed by atoms with Gasteiger partial charge in [-0.2, -0.15) is 0 Å². The molecule has 39 heavy (non-hydrogen) atoms. The first-order valence-corrected chi connectivity index (χ1v) is 17.0. The van der Waals surface area contributed by atoms with Gasteiger partial charge in [-0.05, 0) is 67.1 Å². The van der Waals surface area contributed by atoms with Crippen molar-refractivity contribution >= 4 is 43.0 Å². The molecule has 2 atom stereocenters. The third kappa shape index (κ3) is 7.65. The molecule has 0 saturated heterocycles. The van der Waals surface area contributed by atoms with Crippen molar-refractivity contribution in [2.45, 2.75) is 88.6 Å². The molecule has 2 N–H and O–H groups in total. The van der Waals surface area contributed by atoms with E-state index in [1.165, 1.54) is 0 Å². The zero-order chi connectivity index (χ0) is 28.6. The highest BCUT2D eigenvalue weighted by Crippen LogP contribution is 2.50. The Morgan fingerprint density at radius 2 is 1.67 bits per heavy atom. The summed E-state index contributed by atoms with van der Waals surface area (Å²) in [4.78, 5) is 14.6. The maximum atomic E-state index is 13.9. The van der Waals surface area contributed by atoms with Gasteiger partial charge in [0.05, 0.1) is 16.8 Å². The fourth-order valence-electron chi connectivity index (χ4n) is 5.77. The summed E-state index contributed by atoms with van der Waals surface area (Å²) in [6, 6.07) is 13.1. The number of anilines is 2. The highest BCUT2D eigenvalue weighted by Gasteiger charge is 2.49. The van der Waals surface area contributed by atoms with Gasteiger partial charge in [0.15, 0.2) is 9.84 Å². The summed E-state index contributed by atoms with van der Waals surface area (Å²) in [5, 5.41) is 16.1. The number of hydrogen-bond acceptors (Lipinski definition) is 5. The maximum absolute atomic E-state index is 13.9. The number of nitrogens with one attached hydrogen (secondary N) is 1. The molecule has 3 rings (SSSR count). The van der Waals surface area contributed by atoms with Crippen LogP contribution in [-0.2, 0) is 14.6 Å². The fraction of sp³-hybridized carbons (Fsp3) is 0.581. The Balaban J connectivity index is 2.11. The van der Waals surface area contributed by atoms with Crippen molar-refractivity contribution in [1.82, 2.24) is 0 Å². The molecule has 1 amide bonds. The zero-order valence-electron chi connectivity index (χ0n) is 23.9. The number of sulfone groups is 1. The third-order valence-electron chi connectivity index (χ3n) is 8.00. The minimum Gasteiger partial charge on any atom is -0.392 e. The summed E-state index contributed by atoms with van der Waals surface area (Å²) in [5.74, 6) is -0.577. The summed E-state index contributed by atoms with van der Waals surface area (Å²) in [6.45, 7) is 4.21. The normalized spacial score (nSPS) is 19.6. The number of fused-ring (bicyclic) bond motifs is 1. The zero-order valence-corrected chi connectivity index (χ0v) is 26.3. The van der Waals surface area contributed by atoms with Crippen LogP contribution in [0.5, 0.6) is 0 Å². The number of halogens is 1. The summed E-state index contributed by atoms with van der Waals surface area (Å²) in [5.41, 5.74) is 2.35. The average Bonchev–Trinajstić information content (AvgIpc) is 2.97. The van der Waals surface area contributed by atoms with Crippen LogP contribution < -0.4 is 10.2 Å². The Bertz CT molecular complexity index is 1190. The molecular formula is C31H45BrN2O4S. The fourth-order valence-corrected chi connectivity index (χ4v) is 8.36. The first kappa shape index (κ1) is 31.6. The van der Waals surface area contributed by atoms with Gasteiger partial charge in [0.25, 0.3) is 0 Å². The van der Waals surface area contributed by atoms with Gasteiger partial charge < -0.3 is 15.3 Å². The number of rotatable bonds is 13. The van der Waals surface area contributed by atoms with Crippen molar-refractivity contribution in [3.8, 4) is 0 Å². The van der Waals surface area contributed by atoms with Crippen LogP contribution in [0.25, 0.3) is 0 Å². The second-order valence-corrected chi connectivity index (χ2v) is 13.9. The Morgan fingerprint density at radius 1 is 1.03 bits per heavy atom. The summed E-state index contributed by atoms with van der Waals surface area (Å²) in [6.07, 6.45) is 6.29. The Kier molecular flexibility index (Phi) is 11.5. The number of carbonyl (C=O) groups is 1. The first-order chi connectivity index (χ1) is 18.6. The molecule has 2 aromatic carbocycles. The van der Waals surface area contributed by atoms with Gasteiger partial charge in [0.1, 0.15) is 0 Å². The van der Waals surface area contributed by atoms with Gasteiger partial charge in [-0.3, -0.25) is 4.79 Å². The molecule has 8 heteroatoms. The van der Waals surface area contributed by atoms with Gasteiger partial charge in [-0.25, -0.2) is 8.42 Å². The lowest BCUT2D eigenvalue weighted by Crippen LogP contribution is -2.43. The molecule has 2 unspecified atom stereocenters. The van der Waals surface area contributed by atoms with Gasteiger partial charge in [0, 0.05) is 48.6 Å². The third-order valence-corrected chi connectivity index (χ3v) is 10.6. The second-order valence-electron chi connectivity index (χ2n) is 11.2. The van der Waals surface area contributed by atoms with Crippen LogP contribution in [0.1, 0.15) is 88.7 Å². The molecule has 1 heterocycles. The molecule has 2 aromatic rings. The van der Waals surface area contributed by atoms with Gasteiger partial charge in [-0.15, -0.1) is 0 Å². The molecule has 0 saturated carbocycles. The van der Waals surface area contributed by atoms with Crippen molar-refractivity contribution in [1.29, 1.82) is 0 Å². The largest absolute Gasteiger partial charge is 0.392 e. The maximum Gasteiger partial charge on any atom is 0.224 e. The van der Waals surface area contributed by atoms with Crippen molar-refractivity contribution < 1.29 is 18.3 Å². The number of hydrogen-bond donors (Lipinski definition) is 2. The van der Waals surface area contributed by atoms with E-state index in [4.69, 9.17) is 0 Å². The minimum atomic E-state index is -3.64. The highest BCUT2D eigenvalue weighted by atomic mass is 79.9. The Morgan fingerprint density at radius 3 is 2.23 bits per heavy atom. The van der Waals surface area contributed by atoms with Crippen LogP contribution in [0.4, 0.5) is 11.4 Å². The summed E-state index contributed by atoms with van der Waals surface area (Å²) >= 11 is 3.40. The number of amides is 1. The van der Waals surface area contributed by atoms with Gasteiger partial charge in [0.2, 0.25) is 5.91 Å². The van der Waals surface area contributed by atoms with Gasteiger partial charge >= 0.3 is 0 Å². The van der Waals surface area contributed by atoms with Crippen LogP contribution in [0, 0.1) is 5.41 Å². The first-order valence-electron chi connectivity index (χ1n) is 14.3. The summed E-state index contributed by atoms with van der Waals surface area (Å²) < 4.78 is 27.9. The van der Waals surface area contributed by atoms with E-state index in [9.17, 15) is 18.3 Å². The van der Waals surface area contributed by atoms with E-state index < -0.39 is 27.3 Å². The van der Waals surface area contributed by atoms with Crippen molar-refractivity contribution in [2.75, 3.05) is 35.4 Å². The molecule has 0 radical (unpaired) electrons. The number of benzene rings is 2. The van der Waals surface area contributed by atoms with Crippen LogP contribution in [0.15, 0.2) is 47.4 Å². The van der Waals surface area contributed by atoms with E-state index in [0.717, 1.165) is 55.1 Å². The molecule has 0 spiro atoms. The monoisotopic (exact) mass is 620 g/mol. The van der Waals surface area contributed by atoms with Crippen LogP contribution in [0.3, 0.4) is 0 Å². The van der Waals surface area contributed by atoms with E-state index >= 15 is 0 Å².